The predicted octanol–water partition coefficient (Wildman–Crippen LogP) is 3.09. The van der Waals surface area contributed by atoms with Crippen molar-refractivity contribution in [2.24, 2.45) is 0 Å². The lowest BCUT2D eigenvalue weighted by Gasteiger charge is -2.18. The summed E-state index contributed by atoms with van der Waals surface area (Å²) in [6, 6.07) is 22.0. The van der Waals surface area contributed by atoms with Crippen LogP contribution in [0.5, 0.6) is 5.75 Å². The highest BCUT2D eigenvalue weighted by atomic mass is 16.5. The van der Waals surface area contributed by atoms with Crippen molar-refractivity contribution in [1.29, 1.82) is 0 Å². The molecule has 31 heavy (non-hydrogen) atoms. The summed E-state index contributed by atoms with van der Waals surface area (Å²) in [5, 5.41) is 7.22. The molecule has 8 heteroatoms. The van der Waals surface area contributed by atoms with Crippen molar-refractivity contribution in [2.75, 3.05) is 25.5 Å². The number of benzene rings is 2. The Labute approximate surface area is 179 Å². The molecular formula is C23H23N5O3. The van der Waals surface area contributed by atoms with Crippen LogP contribution in [-0.4, -0.2) is 45.3 Å². The maximum absolute atomic E-state index is 12.5. The van der Waals surface area contributed by atoms with E-state index in [9.17, 15) is 9.59 Å². The van der Waals surface area contributed by atoms with Gasteiger partial charge in [0.2, 0.25) is 0 Å². The van der Waals surface area contributed by atoms with E-state index >= 15 is 0 Å². The normalized spacial score (nSPS) is 10.7. The van der Waals surface area contributed by atoms with Gasteiger partial charge in [0.15, 0.2) is 5.65 Å². The first-order chi connectivity index (χ1) is 15.1. The Bertz CT molecular complexity index is 1230. The summed E-state index contributed by atoms with van der Waals surface area (Å²) < 4.78 is 8.54. The average molecular weight is 417 g/mol. The zero-order valence-corrected chi connectivity index (χ0v) is 17.1. The lowest BCUT2D eigenvalue weighted by molar-refractivity contribution is 0.207. The molecule has 0 saturated heterocycles. The van der Waals surface area contributed by atoms with E-state index in [1.165, 1.54) is 9.08 Å². The molecule has 0 radical (unpaired) electrons. The number of amides is 2. The van der Waals surface area contributed by atoms with Gasteiger partial charge in [0, 0.05) is 18.9 Å². The minimum absolute atomic E-state index is 0.205. The van der Waals surface area contributed by atoms with Crippen LogP contribution >= 0.6 is 0 Å². The number of para-hydroxylation sites is 1. The summed E-state index contributed by atoms with van der Waals surface area (Å²) in [5.74, 6) is 0.770. The molecule has 2 aromatic heterocycles. The third-order valence-electron chi connectivity index (χ3n) is 4.78. The molecule has 1 N–H and O–H groups in total. The zero-order chi connectivity index (χ0) is 21.6. The highest BCUT2D eigenvalue weighted by Gasteiger charge is 2.11. The van der Waals surface area contributed by atoms with Crippen molar-refractivity contribution in [3.05, 3.63) is 95.0 Å². The maximum Gasteiger partial charge on any atom is 0.350 e. The molecule has 2 heterocycles. The number of ether oxygens (including phenoxy) is 1. The van der Waals surface area contributed by atoms with Crippen LogP contribution in [0.2, 0.25) is 0 Å². The lowest BCUT2D eigenvalue weighted by Crippen LogP contribution is -2.34. The standard InChI is InChI=1S/C23H23N5O3/c1-26(14-15-31-20-10-3-2-4-11-20)22(29)24-19-9-7-8-18(16-19)17-28-23(30)27-13-6-5-12-21(27)25-28/h2-13,16H,14-15,17H2,1H3,(H,24,29). The van der Waals surface area contributed by atoms with Gasteiger partial charge in [0.25, 0.3) is 0 Å². The zero-order valence-electron chi connectivity index (χ0n) is 17.1. The van der Waals surface area contributed by atoms with Gasteiger partial charge < -0.3 is 15.0 Å². The fourth-order valence-corrected chi connectivity index (χ4v) is 3.13. The van der Waals surface area contributed by atoms with E-state index in [0.29, 0.717) is 31.0 Å². The van der Waals surface area contributed by atoms with Gasteiger partial charge in [-0.15, -0.1) is 5.10 Å². The third-order valence-corrected chi connectivity index (χ3v) is 4.78. The van der Waals surface area contributed by atoms with Crippen LogP contribution in [-0.2, 0) is 6.54 Å². The average Bonchev–Trinajstić information content (AvgIpc) is 3.10. The van der Waals surface area contributed by atoms with E-state index in [1.807, 2.05) is 60.7 Å². The maximum atomic E-state index is 12.5. The summed E-state index contributed by atoms with van der Waals surface area (Å²) >= 11 is 0. The fourth-order valence-electron chi connectivity index (χ4n) is 3.13. The Morgan fingerprint density at radius 1 is 1.06 bits per heavy atom. The van der Waals surface area contributed by atoms with E-state index in [0.717, 1.165) is 11.3 Å². The van der Waals surface area contributed by atoms with E-state index in [2.05, 4.69) is 10.4 Å². The number of fused-ring (bicyclic) bond motifs is 1. The van der Waals surface area contributed by atoms with Gasteiger partial charge in [-0.25, -0.2) is 14.3 Å². The molecule has 0 spiro atoms. The summed E-state index contributed by atoms with van der Waals surface area (Å²) in [6.45, 7) is 1.15. The molecule has 0 bridgehead atoms. The van der Waals surface area contributed by atoms with Crippen molar-refractivity contribution in [3.63, 3.8) is 0 Å². The Balaban J connectivity index is 1.35. The second kappa shape index (κ2) is 9.17. The molecule has 0 aliphatic heterocycles. The number of aromatic nitrogens is 3. The Morgan fingerprint density at radius 2 is 1.87 bits per heavy atom. The molecular weight excluding hydrogens is 394 g/mol. The molecule has 8 nitrogen and oxygen atoms in total. The van der Waals surface area contributed by atoms with Gasteiger partial charge in [0.05, 0.1) is 13.1 Å². The molecule has 2 aromatic carbocycles. The molecule has 0 aliphatic carbocycles. The quantitative estimate of drug-likeness (QED) is 0.501. The number of nitrogens with one attached hydrogen (secondary N) is 1. The molecule has 158 valence electrons. The van der Waals surface area contributed by atoms with Gasteiger partial charge in [0.1, 0.15) is 12.4 Å². The van der Waals surface area contributed by atoms with Gasteiger partial charge in [-0.2, -0.15) is 0 Å². The number of hydrogen-bond acceptors (Lipinski definition) is 4. The lowest BCUT2D eigenvalue weighted by atomic mass is 10.2. The topological polar surface area (TPSA) is 80.9 Å². The summed E-state index contributed by atoms with van der Waals surface area (Å²) in [4.78, 5) is 26.5. The van der Waals surface area contributed by atoms with E-state index in [4.69, 9.17) is 4.74 Å². The number of hydrogen-bond donors (Lipinski definition) is 1. The highest BCUT2D eigenvalue weighted by Crippen LogP contribution is 2.13. The van der Waals surface area contributed by atoms with E-state index in [-0.39, 0.29) is 11.7 Å². The first-order valence-electron chi connectivity index (χ1n) is 9.93. The summed E-state index contributed by atoms with van der Waals surface area (Å²) in [5.41, 5.74) is 1.90. The Morgan fingerprint density at radius 3 is 2.68 bits per heavy atom. The van der Waals surface area contributed by atoms with Crippen LogP contribution in [0, 0.1) is 0 Å². The minimum Gasteiger partial charge on any atom is -0.492 e. The smallest absolute Gasteiger partial charge is 0.350 e. The van der Waals surface area contributed by atoms with Crippen molar-refractivity contribution in [1.82, 2.24) is 19.1 Å². The molecule has 4 rings (SSSR count). The number of carbonyl (C=O) groups is 1. The Kier molecular flexibility index (Phi) is 5.98. The minimum atomic E-state index is -0.237. The largest absolute Gasteiger partial charge is 0.492 e. The van der Waals surface area contributed by atoms with Crippen molar-refractivity contribution in [3.8, 4) is 5.75 Å². The Hall–Kier alpha value is -4.07. The molecule has 0 unspecified atom stereocenters. The van der Waals surface area contributed by atoms with E-state index in [1.54, 1.807) is 30.3 Å². The first-order valence-corrected chi connectivity index (χ1v) is 9.93. The highest BCUT2D eigenvalue weighted by molar-refractivity contribution is 5.89. The molecule has 4 aromatic rings. The van der Waals surface area contributed by atoms with Crippen LogP contribution in [0.25, 0.3) is 5.65 Å². The molecule has 0 fully saturated rings. The number of likely N-dealkylation sites (N-methyl/N-ethyl adjacent to an activating group) is 1. The number of pyridine rings is 1. The monoisotopic (exact) mass is 417 g/mol. The number of rotatable bonds is 7. The van der Waals surface area contributed by atoms with Gasteiger partial charge in [-0.3, -0.25) is 4.40 Å². The molecule has 0 saturated carbocycles. The third kappa shape index (κ3) is 4.92. The number of carbonyl (C=O) groups excluding carboxylic acids is 1. The predicted molar refractivity (Wildman–Crippen MR) is 119 cm³/mol. The van der Waals surface area contributed by atoms with Crippen LogP contribution in [0.3, 0.4) is 0 Å². The van der Waals surface area contributed by atoms with Crippen LogP contribution in [0.1, 0.15) is 5.56 Å². The van der Waals surface area contributed by atoms with Crippen molar-refractivity contribution >= 4 is 17.4 Å². The van der Waals surface area contributed by atoms with Gasteiger partial charge in [-0.1, -0.05) is 36.4 Å². The first kappa shape index (κ1) is 20.2. The molecule has 0 atom stereocenters. The molecule has 2 amide bonds. The fraction of sp³-hybridized carbons (Fsp3) is 0.174. The summed E-state index contributed by atoms with van der Waals surface area (Å²) in [7, 11) is 1.71. The summed E-state index contributed by atoms with van der Waals surface area (Å²) in [6.07, 6.45) is 1.69. The number of anilines is 1. The van der Waals surface area contributed by atoms with Crippen molar-refractivity contribution in [2.45, 2.75) is 6.54 Å². The van der Waals surface area contributed by atoms with Gasteiger partial charge >= 0.3 is 11.7 Å². The SMILES string of the molecule is CN(CCOc1ccccc1)C(=O)Nc1cccc(Cn2nc3ccccn3c2=O)c1. The van der Waals surface area contributed by atoms with Crippen LogP contribution in [0.4, 0.5) is 10.5 Å². The second-order valence-electron chi connectivity index (χ2n) is 7.08. The van der Waals surface area contributed by atoms with Gasteiger partial charge in [-0.05, 0) is 42.0 Å². The van der Waals surface area contributed by atoms with Crippen molar-refractivity contribution < 1.29 is 9.53 Å². The van der Waals surface area contributed by atoms with E-state index < -0.39 is 0 Å². The second-order valence-corrected chi connectivity index (χ2v) is 7.08. The van der Waals surface area contributed by atoms with Crippen LogP contribution in [0.15, 0.2) is 83.8 Å². The number of nitrogens with zero attached hydrogens (tertiary/aromatic N) is 4. The van der Waals surface area contributed by atoms with Crippen LogP contribution < -0.4 is 15.7 Å². The number of urea groups is 1. The molecule has 0 aliphatic rings.